The Morgan fingerprint density at radius 2 is 0.480 bits per heavy atom. The monoisotopic (exact) mass is 1050 g/mol. The molecular weight excluding hydrogens is 925 g/mol. The van der Waals surface area contributed by atoms with Gasteiger partial charge < -0.3 is 14.2 Å². The maximum atomic E-state index is 12.9. The van der Waals surface area contributed by atoms with Crippen LogP contribution in [0.5, 0.6) is 0 Å². The SMILES string of the molecule is CCCCCCC/C=C\C/C=C\CCCCCCCCCCCCCCCC(=O)OCC(COC(=O)CCCCCCC/C=C\CCCCCCC)OC(=O)CCCCCCCCC/C=C\CCCCCCCCC. The van der Waals surface area contributed by atoms with Gasteiger partial charge in [0.1, 0.15) is 13.2 Å². The van der Waals surface area contributed by atoms with E-state index in [4.69, 9.17) is 14.2 Å². The van der Waals surface area contributed by atoms with Gasteiger partial charge in [0.15, 0.2) is 6.10 Å². The van der Waals surface area contributed by atoms with Crippen LogP contribution in [0.2, 0.25) is 0 Å². The number of carbonyl (C=O) groups is 3. The number of rotatable bonds is 61. The van der Waals surface area contributed by atoms with E-state index >= 15 is 0 Å². The minimum absolute atomic E-state index is 0.0751. The maximum absolute atomic E-state index is 12.9. The molecule has 6 nitrogen and oxygen atoms in total. The first-order chi connectivity index (χ1) is 37.0. The molecule has 1 unspecified atom stereocenters. The molecule has 0 radical (unpaired) electrons. The fraction of sp³-hybridized carbons (Fsp3) is 0.841. The van der Waals surface area contributed by atoms with Crippen LogP contribution in [-0.2, 0) is 28.6 Å². The Labute approximate surface area is 467 Å². The van der Waals surface area contributed by atoms with Crippen molar-refractivity contribution < 1.29 is 28.6 Å². The molecule has 0 N–H and O–H groups in total. The normalized spacial score (nSPS) is 12.3. The topological polar surface area (TPSA) is 78.9 Å². The van der Waals surface area contributed by atoms with Gasteiger partial charge in [-0.2, -0.15) is 0 Å². The van der Waals surface area contributed by atoms with Crippen molar-refractivity contribution in [3.05, 3.63) is 48.6 Å². The fourth-order valence-electron chi connectivity index (χ4n) is 9.76. The first kappa shape index (κ1) is 72.4. The summed E-state index contributed by atoms with van der Waals surface area (Å²) in [4.78, 5) is 38.3. The lowest BCUT2D eigenvalue weighted by Gasteiger charge is -2.18. The largest absolute Gasteiger partial charge is 0.462 e. The predicted octanol–water partition coefficient (Wildman–Crippen LogP) is 22.6. The molecule has 6 heteroatoms. The van der Waals surface area contributed by atoms with Gasteiger partial charge in [0.05, 0.1) is 0 Å². The zero-order valence-corrected chi connectivity index (χ0v) is 50.3. The minimum atomic E-state index is -0.779. The third-order valence-electron chi connectivity index (χ3n) is 14.8. The van der Waals surface area contributed by atoms with Crippen molar-refractivity contribution in [3.8, 4) is 0 Å². The molecular formula is C69H126O6. The lowest BCUT2D eigenvalue weighted by Crippen LogP contribution is -2.30. The second-order valence-corrected chi connectivity index (χ2v) is 22.4. The van der Waals surface area contributed by atoms with E-state index < -0.39 is 6.10 Å². The Balaban J connectivity index is 4.28. The third-order valence-corrected chi connectivity index (χ3v) is 14.8. The molecule has 0 bridgehead atoms. The van der Waals surface area contributed by atoms with E-state index in [1.165, 1.54) is 244 Å². The van der Waals surface area contributed by atoms with Gasteiger partial charge in [-0.15, -0.1) is 0 Å². The molecule has 0 rings (SSSR count). The Morgan fingerprint density at radius 3 is 0.747 bits per heavy atom. The van der Waals surface area contributed by atoms with Gasteiger partial charge in [0.2, 0.25) is 0 Å². The molecule has 0 saturated carbocycles. The summed E-state index contributed by atoms with van der Waals surface area (Å²) in [6.45, 7) is 6.66. The van der Waals surface area contributed by atoms with Gasteiger partial charge >= 0.3 is 17.9 Å². The van der Waals surface area contributed by atoms with Crippen LogP contribution in [0, 0.1) is 0 Å². The molecule has 0 aromatic carbocycles. The van der Waals surface area contributed by atoms with Crippen molar-refractivity contribution in [2.75, 3.05) is 13.2 Å². The van der Waals surface area contributed by atoms with E-state index in [0.717, 1.165) is 70.6 Å². The Hall–Kier alpha value is -2.63. The second kappa shape index (κ2) is 63.9. The van der Waals surface area contributed by atoms with Gasteiger partial charge in [0.25, 0.3) is 0 Å². The van der Waals surface area contributed by atoms with Crippen LogP contribution in [0.3, 0.4) is 0 Å². The minimum Gasteiger partial charge on any atom is -0.462 e. The summed E-state index contributed by atoms with van der Waals surface area (Å²) in [7, 11) is 0. The molecule has 438 valence electrons. The summed E-state index contributed by atoms with van der Waals surface area (Å²) in [5.74, 6) is -0.868. The number of allylic oxidation sites excluding steroid dienone is 8. The zero-order chi connectivity index (χ0) is 54.3. The highest BCUT2D eigenvalue weighted by molar-refractivity contribution is 5.71. The van der Waals surface area contributed by atoms with E-state index in [1.54, 1.807) is 0 Å². The van der Waals surface area contributed by atoms with Crippen LogP contribution in [0.25, 0.3) is 0 Å². The molecule has 0 saturated heterocycles. The molecule has 0 aliphatic heterocycles. The van der Waals surface area contributed by atoms with Crippen LogP contribution < -0.4 is 0 Å². The van der Waals surface area contributed by atoms with Crippen molar-refractivity contribution in [2.45, 2.75) is 361 Å². The summed E-state index contributed by atoms with van der Waals surface area (Å²) >= 11 is 0. The highest BCUT2D eigenvalue weighted by Crippen LogP contribution is 2.17. The average molecular weight is 1050 g/mol. The number of esters is 3. The van der Waals surface area contributed by atoms with Gasteiger partial charge in [0, 0.05) is 19.3 Å². The highest BCUT2D eigenvalue weighted by atomic mass is 16.6. The summed E-state index contributed by atoms with van der Waals surface area (Å²) in [5, 5.41) is 0. The van der Waals surface area contributed by atoms with Crippen molar-refractivity contribution in [1.82, 2.24) is 0 Å². The smallest absolute Gasteiger partial charge is 0.306 e. The molecule has 0 fully saturated rings. The first-order valence-electron chi connectivity index (χ1n) is 33.1. The molecule has 0 amide bonds. The van der Waals surface area contributed by atoms with Crippen molar-refractivity contribution >= 4 is 17.9 Å². The Morgan fingerprint density at radius 1 is 0.267 bits per heavy atom. The van der Waals surface area contributed by atoms with Gasteiger partial charge in [-0.05, 0) is 103 Å². The van der Waals surface area contributed by atoms with Crippen molar-refractivity contribution in [1.29, 1.82) is 0 Å². The van der Waals surface area contributed by atoms with Crippen molar-refractivity contribution in [3.63, 3.8) is 0 Å². The van der Waals surface area contributed by atoms with E-state index in [9.17, 15) is 14.4 Å². The molecule has 0 aromatic rings. The predicted molar refractivity (Wildman–Crippen MR) is 325 cm³/mol. The van der Waals surface area contributed by atoms with Crippen LogP contribution in [0.1, 0.15) is 355 Å². The lowest BCUT2D eigenvalue weighted by molar-refractivity contribution is -0.167. The van der Waals surface area contributed by atoms with Crippen LogP contribution in [0.15, 0.2) is 48.6 Å². The second-order valence-electron chi connectivity index (χ2n) is 22.4. The number of hydrogen-bond donors (Lipinski definition) is 0. The Kier molecular flexibility index (Phi) is 61.7. The summed E-state index contributed by atoms with van der Waals surface area (Å²) in [6.07, 6.45) is 79.8. The molecule has 0 aromatic heterocycles. The summed E-state index contributed by atoms with van der Waals surface area (Å²) in [6, 6.07) is 0. The van der Waals surface area contributed by atoms with Crippen LogP contribution in [0.4, 0.5) is 0 Å². The molecule has 1 atom stereocenters. The van der Waals surface area contributed by atoms with E-state index in [-0.39, 0.29) is 31.1 Å². The average Bonchev–Trinajstić information content (AvgIpc) is 3.41. The number of hydrogen-bond acceptors (Lipinski definition) is 6. The molecule has 75 heavy (non-hydrogen) atoms. The van der Waals surface area contributed by atoms with Crippen molar-refractivity contribution in [2.24, 2.45) is 0 Å². The number of carbonyl (C=O) groups excluding carboxylic acids is 3. The standard InChI is InChI=1S/C69H126O6/c1-4-7-10-13-16-19-22-25-28-30-32-33-34-35-36-37-38-40-41-44-47-50-53-56-59-62-68(71)74-65-66(64-73-67(70)61-58-55-52-49-46-43-27-24-21-18-15-12-9-6-3)75-69(72)63-60-57-54-51-48-45-42-39-31-29-26-23-20-17-14-11-8-5-2/h22,24-25,27,29-32,66H,4-21,23,26,28,33-65H2,1-3H3/b25-22-,27-24-,31-29-,32-30-. The molecule has 0 aliphatic rings. The van der Waals surface area contributed by atoms with E-state index in [0.29, 0.717) is 19.3 Å². The third kappa shape index (κ3) is 62.1. The van der Waals surface area contributed by atoms with Crippen LogP contribution in [-0.4, -0.2) is 37.2 Å². The van der Waals surface area contributed by atoms with E-state index in [2.05, 4.69) is 69.4 Å². The van der Waals surface area contributed by atoms with Gasteiger partial charge in [-0.1, -0.05) is 281 Å². The van der Waals surface area contributed by atoms with E-state index in [1.807, 2.05) is 0 Å². The lowest BCUT2D eigenvalue weighted by atomic mass is 10.0. The van der Waals surface area contributed by atoms with Gasteiger partial charge in [-0.25, -0.2) is 0 Å². The maximum Gasteiger partial charge on any atom is 0.306 e. The van der Waals surface area contributed by atoms with Crippen LogP contribution >= 0.6 is 0 Å². The fourth-order valence-corrected chi connectivity index (χ4v) is 9.76. The number of unbranched alkanes of at least 4 members (excludes halogenated alkanes) is 42. The summed E-state index contributed by atoms with van der Waals surface area (Å²) < 4.78 is 16.9. The molecule has 0 spiro atoms. The molecule has 0 heterocycles. The Bertz CT molecular complexity index is 1300. The zero-order valence-electron chi connectivity index (χ0n) is 50.3. The quantitative estimate of drug-likeness (QED) is 0.0261. The highest BCUT2D eigenvalue weighted by Gasteiger charge is 2.19. The summed E-state index contributed by atoms with van der Waals surface area (Å²) in [5.41, 5.74) is 0. The number of ether oxygens (including phenoxy) is 3. The van der Waals surface area contributed by atoms with Gasteiger partial charge in [-0.3, -0.25) is 14.4 Å². The first-order valence-corrected chi connectivity index (χ1v) is 33.1. The molecule has 0 aliphatic carbocycles.